The van der Waals surface area contributed by atoms with Crippen LogP contribution >= 0.6 is 0 Å². The minimum atomic E-state index is -2.50. The molecule has 1 radical (unpaired) electrons. The van der Waals surface area contributed by atoms with Gasteiger partial charge in [-0.25, -0.2) is 0 Å². The van der Waals surface area contributed by atoms with Gasteiger partial charge < -0.3 is 14.4 Å². The molecule has 0 atom stereocenters. The Balaban J connectivity index is 0.000000223. The Labute approximate surface area is 306 Å². The molecule has 245 valence electrons. The van der Waals surface area contributed by atoms with Crippen LogP contribution in [0.4, 0.5) is 0 Å². The smallest absolute Gasteiger partial charge is 0.120 e. The topological polar surface area (TPSA) is 38.9 Å². The maximum absolute atomic E-state index is 8.77. The molecule has 4 aromatic carbocycles. The van der Waals surface area contributed by atoms with Crippen molar-refractivity contribution in [1.82, 2.24) is 9.97 Å². The maximum atomic E-state index is 8.77. The molecule has 3 aromatic heterocycles. The maximum Gasteiger partial charge on any atom is 0.120 e. The van der Waals surface area contributed by atoms with Gasteiger partial charge in [0.15, 0.2) is 0 Å². The van der Waals surface area contributed by atoms with Gasteiger partial charge in [0.2, 0.25) is 0 Å². The van der Waals surface area contributed by atoms with E-state index in [1.807, 2.05) is 48.5 Å². The minimum absolute atomic E-state index is 0. The summed E-state index contributed by atoms with van der Waals surface area (Å²) in [5.74, 6) is 0.667. The molecule has 0 N–H and O–H groups in total. The molecule has 0 spiro atoms. The molecule has 0 amide bonds. The van der Waals surface area contributed by atoms with Gasteiger partial charge in [0, 0.05) is 44.7 Å². The van der Waals surface area contributed by atoms with E-state index in [9.17, 15) is 0 Å². The van der Waals surface area contributed by atoms with Crippen LogP contribution in [0.5, 0.6) is 0 Å². The van der Waals surface area contributed by atoms with E-state index in [4.69, 9.17) is 11.3 Å². The zero-order chi connectivity index (χ0) is 37.3. The first kappa shape index (κ1) is 28.8. The number of rotatable bonds is 7. The zero-order valence-corrected chi connectivity index (χ0v) is 31.3. The summed E-state index contributed by atoms with van der Waals surface area (Å²) in [5, 5.41) is 3.34. The van der Waals surface area contributed by atoms with Gasteiger partial charge in [0.05, 0.1) is 13.7 Å². The SMILES string of the molecule is CC(C)Cc1cc(-c2[c-]cccc2)ncc1[Si](C)(C)C.[2H]C([2H])([2H])c1cnc(-c2[c-]cc3oc4ccccc4c3c2)cc1C([2H])([2H])c1ccccc1.[Ir]. The Morgan fingerprint density at radius 2 is 1.48 bits per heavy atom. The predicted molar refractivity (Wildman–Crippen MR) is 200 cm³/mol. The van der Waals surface area contributed by atoms with Gasteiger partial charge in [-0.15, -0.1) is 59.7 Å². The molecule has 0 saturated carbocycles. The Hall–Kier alpha value is -4.15. The van der Waals surface area contributed by atoms with Gasteiger partial charge in [-0.05, 0) is 64.9 Å². The molecule has 0 saturated heterocycles. The van der Waals surface area contributed by atoms with Crippen LogP contribution in [-0.4, -0.2) is 18.0 Å². The molecule has 0 fully saturated rings. The summed E-state index contributed by atoms with van der Waals surface area (Å²) in [4.78, 5) is 9.05. The van der Waals surface area contributed by atoms with Crippen molar-refractivity contribution in [1.29, 1.82) is 0 Å². The molecule has 7 rings (SSSR count). The Morgan fingerprint density at radius 3 is 2.21 bits per heavy atom. The van der Waals surface area contributed by atoms with Gasteiger partial charge in [0.1, 0.15) is 5.58 Å². The predicted octanol–water partition coefficient (Wildman–Crippen LogP) is 10.6. The summed E-state index contributed by atoms with van der Waals surface area (Å²) in [6.45, 7) is 9.23. The molecule has 0 aliphatic rings. The molecular formula is C43H42IrN2OSi-2. The first-order valence-corrected chi connectivity index (χ1v) is 19.5. The van der Waals surface area contributed by atoms with Crippen molar-refractivity contribution < 1.29 is 31.4 Å². The fraction of sp³-hybridized carbons (Fsp3) is 0.209. The average Bonchev–Trinajstić information content (AvgIpc) is 3.49. The number of nitrogens with zero attached hydrogens (tertiary/aromatic N) is 2. The van der Waals surface area contributed by atoms with Crippen LogP contribution in [0.15, 0.2) is 120 Å². The number of furan rings is 1. The van der Waals surface area contributed by atoms with Crippen molar-refractivity contribution in [2.24, 2.45) is 5.92 Å². The first-order chi connectivity index (χ1) is 24.6. The van der Waals surface area contributed by atoms with Crippen molar-refractivity contribution in [3.63, 3.8) is 0 Å². The van der Waals surface area contributed by atoms with Gasteiger partial charge in [-0.1, -0.05) is 105 Å². The molecular weight excluding hydrogens is 781 g/mol. The van der Waals surface area contributed by atoms with Crippen molar-refractivity contribution in [2.45, 2.75) is 53.1 Å². The van der Waals surface area contributed by atoms with Crippen LogP contribution in [0.1, 0.15) is 43.0 Å². The van der Waals surface area contributed by atoms with Gasteiger partial charge >= 0.3 is 0 Å². The molecule has 48 heavy (non-hydrogen) atoms. The summed E-state index contributed by atoms with van der Waals surface area (Å²) >= 11 is 0. The van der Waals surface area contributed by atoms with Crippen molar-refractivity contribution in [3.8, 4) is 22.5 Å². The van der Waals surface area contributed by atoms with Gasteiger partial charge in [-0.3, -0.25) is 0 Å². The molecule has 0 aliphatic heterocycles. The Bertz CT molecular complexity index is 2320. The molecule has 0 aliphatic carbocycles. The van der Waals surface area contributed by atoms with E-state index in [0.29, 0.717) is 28.3 Å². The van der Waals surface area contributed by atoms with Crippen LogP contribution in [0.25, 0.3) is 44.5 Å². The number of para-hydroxylation sites is 1. The summed E-state index contributed by atoms with van der Waals surface area (Å²) < 4.78 is 47.1. The summed E-state index contributed by atoms with van der Waals surface area (Å²) in [6.07, 6.45) is 2.47. The van der Waals surface area contributed by atoms with Gasteiger partial charge in [-0.2, -0.15) is 0 Å². The zero-order valence-electron chi connectivity index (χ0n) is 32.9. The van der Waals surface area contributed by atoms with E-state index < -0.39 is 21.3 Å². The fourth-order valence-electron chi connectivity index (χ4n) is 5.68. The third-order valence-corrected chi connectivity index (χ3v) is 10.0. The van der Waals surface area contributed by atoms with Gasteiger partial charge in [0.25, 0.3) is 0 Å². The monoisotopic (exact) mass is 828 g/mol. The minimum Gasteiger partial charge on any atom is -0.500 e. The van der Waals surface area contributed by atoms with E-state index in [-0.39, 0.29) is 31.2 Å². The molecule has 0 bridgehead atoms. The van der Waals surface area contributed by atoms with Crippen LogP contribution in [-0.2, 0) is 32.9 Å². The Morgan fingerprint density at radius 1 is 0.771 bits per heavy atom. The quantitative estimate of drug-likeness (QED) is 0.119. The number of hydrogen-bond donors (Lipinski definition) is 0. The Kier molecular flexibility index (Phi) is 9.23. The average molecular weight is 828 g/mol. The van der Waals surface area contributed by atoms with Crippen molar-refractivity contribution in [2.75, 3.05) is 0 Å². The standard InChI is InChI=1S/C25H18NO.C18H24NSi.Ir/c1-17-16-26-23(15-20(17)13-18-7-3-2-4-8-18)19-11-12-25-22(14-19)21-9-5-6-10-24(21)27-25;1-14(2)11-16-12-17(15-9-7-6-8-10-15)19-13-18(16)20(3,4)5;/h2-10,12,14-16H,13H2,1H3;6-9,12-14H,11H2,1-5H3;/q2*-1;/i1D3,13D2;;. The molecule has 3 heterocycles. The largest absolute Gasteiger partial charge is 0.500 e. The van der Waals surface area contributed by atoms with E-state index in [0.717, 1.165) is 34.0 Å². The summed E-state index contributed by atoms with van der Waals surface area (Å²) in [5.41, 5.74) is 6.47. The normalized spacial score (nSPS) is 13.4. The third kappa shape index (κ3) is 8.28. The molecule has 3 nitrogen and oxygen atoms in total. The summed E-state index contributed by atoms with van der Waals surface area (Å²) in [6, 6.07) is 38.2. The number of aryl methyl sites for hydroxylation is 1. The number of benzene rings is 4. The molecule has 5 heteroatoms. The van der Waals surface area contributed by atoms with E-state index in [1.54, 1.807) is 36.4 Å². The van der Waals surface area contributed by atoms with Crippen molar-refractivity contribution in [3.05, 3.63) is 150 Å². The molecule has 7 aromatic rings. The number of hydrogen-bond acceptors (Lipinski definition) is 3. The van der Waals surface area contributed by atoms with E-state index >= 15 is 0 Å². The van der Waals surface area contributed by atoms with Crippen LogP contribution in [0.3, 0.4) is 0 Å². The first-order valence-electron chi connectivity index (χ1n) is 18.5. The second-order valence-corrected chi connectivity index (χ2v) is 18.2. The van der Waals surface area contributed by atoms with Crippen LogP contribution < -0.4 is 5.19 Å². The molecule has 0 unspecified atom stereocenters. The van der Waals surface area contributed by atoms with E-state index in [1.165, 1.54) is 23.0 Å². The third-order valence-electron chi connectivity index (χ3n) is 7.95. The van der Waals surface area contributed by atoms with E-state index in [2.05, 4.69) is 73.9 Å². The second kappa shape index (κ2) is 15.4. The number of fused-ring (bicyclic) bond motifs is 3. The van der Waals surface area contributed by atoms with Crippen LogP contribution in [0, 0.1) is 24.9 Å². The number of aromatic nitrogens is 2. The fourth-order valence-corrected chi connectivity index (χ4v) is 7.27. The summed E-state index contributed by atoms with van der Waals surface area (Å²) in [7, 11) is -1.34. The van der Waals surface area contributed by atoms with Crippen LogP contribution in [0.2, 0.25) is 19.6 Å². The second-order valence-electron chi connectivity index (χ2n) is 13.2. The van der Waals surface area contributed by atoms with Crippen molar-refractivity contribution >= 4 is 35.2 Å². The number of pyridine rings is 2.